The van der Waals surface area contributed by atoms with Gasteiger partial charge in [0.15, 0.2) is 0 Å². The molecule has 0 radical (unpaired) electrons. The van der Waals surface area contributed by atoms with Gasteiger partial charge >= 0.3 is 0 Å². The number of anilines is 1. The van der Waals surface area contributed by atoms with Gasteiger partial charge in [0.05, 0.1) is 6.54 Å². The van der Waals surface area contributed by atoms with Crippen LogP contribution in [-0.2, 0) is 6.54 Å². The van der Waals surface area contributed by atoms with Crippen molar-refractivity contribution in [1.82, 2.24) is 9.78 Å². The zero-order valence-electron chi connectivity index (χ0n) is 12.1. The summed E-state index contributed by atoms with van der Waals surface area (Å²) in [5.41, 5.74) is 2.84. The Morgan fingerprint density at radius 3 is 2.47 bits per heavy atom. The lowest BCUT2D eigenvalue weighted by molar-refractivity contribution is 0.390. The predicted octanol–water partition coefficient (Wildman–Crippen LogP) is 3.78. The third-order valence-corrected chi connectivity index (χ3v) is 3.06. The first kappa shape index (κ1) is 13.7. The summed E-state index contributed by atoms with van der Waals surface area (Å²) in [5, 5.41) is 7.68. The topological polar surface area (TPSA) is 29.9 Å². The van der Waals surface area contributed by atoms with Gasteiger partial charge in [0.2, 0.25) is 0 Å². The first-order chi connectivity index (χ1) is 9.03. The van der Waals surface area contributed by atoms with Gasteiger partial charge < -0.3 is 5.32 Å². The summed E-state index contributed by atoms with van der Waals surface area (Å²) in [4.78, 5) is 0. The maximum atomic E-state index is 4.21. The molecule has 1 aromatic heterocycles. The summed E-state index contributed by atoms with van der Waals surface area (Å²) in [6.45, 7) is 8.64. The largest absolute Gasteiger partial charge is 0.385 e. The van der Waals surface area contributed by atoms with Gasteiger partial charge in [-0.2, -0.15) is 5.10 Å². The summed E-state index contributed by atoms with van der Waals surface area (Å²) >= 11 is 0. The van der Waals surface area contributed by atoms with Crippen LogP contribution in [0.3, 0.4) is 0 Å². The van der Waals surface area contributed by atoms with Crippen LogP contribution in [0.2, 0.25) is 0 Å². The fourth-order valence-electron chi connectivity index (χ4n) is 1.89. The molecule has 0 fully saturated rings. The monoisotopic (exact) mass is 257 g/mol. The van der Waals surface area contributed by atoms with E-state index in [1.165, 1.54) is 17.7 Å². The second-order valence-corrected chi connectivity index (χ2v) is 6.14. The predicted molar refractivity (Wildman–Crippen MR) is 80.3 cm³/mol. The smallest absolute Gasteiger partial charge is 0.0659 e. The fraction of sp³-hybridized carbons (Fsp3) is 0.438. The molecular weight excluding hydrogens is 234 g/mol. The van der Waals surface area contributed by atoms with E-state index in [4.69, 9.17) is 0 Å². The van der Waals surface area contributed by atoms with Crippen LogP contribution in [0.15, 0.2) is 42.7 Å². The SMILES string of the molecule is CC(C)(C)CCNc1ccc(Cn2cccn2)cc1. The Labute approximate surface area is 115 Å². The lowest BCUT2D eigenvalue weighted by Gasteiger charge is -2.18. The van der Waals surface area contributed by atoms with Gasteiger partial charge in [-0.3, -0.25) is 4.68 Å². The number of hydrogen-bond acceptors (Lipinski definition) is 2. The first-order valence-corrected chi connectivity index (χ1v) is 6.83. The lowest BCUT2D eigenvalue weighted by Crippen LogP contribution is -2.12. The summed E-state index contributed by atoms with van der Waals surface area (Å²) in [5.74, 6) is 0. The summed E-state index contributed by atoms with van der Waals surface area (Å²) in [6, 6.07) is 10.5. The number of nitrogens with one attached hydrogen (secondary N) is 1. The normalized spacial score (nSPS) is 11.5. The van der Waals surface area contributed by atoms with E-state index < -0.39 is 0 Å². The number of rotatable bonds is 5. The molecule has 0 amide bonds. The minimum absolute atomic E-state index is 0.382. The van der Waals surface area contributed by atoms with Crippen molar-refractivity contribution >= 4 is 5.69 Å². The standard InChI is InChI=1S/C16H23N3/c1-16(2,3)9-11-17-15-7-5-14(6-8-15)13-19-12-4-10-18-19/h4-8,10,12,17H,9,11,13H2,1-3H3. The molecule has 0 saturated carbocycles. The van der Waals surface area contributed by atoms with Crippen molar-refractivity contribution in [1.29, 1.82) is 0 Å². The molecule has 0 unspecified atom stereocenters. The van der Waals surface area contributed by atoms with Gasteiger partial charge in [0.25, 0.3) is 0 Å². The van der Waals surface area contributed by atoms with Crippen molar-refractivity contribution in [2.24, 2.45) is 5.41 Å². The summed E-state index contributed by atoms with van der Waals surface area (Å²) in [7, 11) is 0. The molecule has 0 saturated heterocycles. The van der Waals surface area contributed by atoms with Crippen molar-refractivity contribution < 1.29 is 0 Å². The van der Waals surface area contributed by atoms with Crippen LogP contribution >= 0.6 is 0 Å². The second kappa shape index (κ2) is 5.91. The first-order valence-electron chi connectivity index (χ1n) is 6.83. The highest BCUT2D eigenvalue weighted by Gasteiger charge is 2.08. The van der Waals surface area contributed by atoms with Crippen LogP contribution in [-0.4, -0.2) is 16.3 Å². The van der Waals surface area contributed by atoms with Crippen molar-refractivity contribution in [3.8, 4) is 0 Å². The van der Waals surface area contributed by atoms with E-state index in [1.54, 1.807) is 0 Å². The molecule has 1 heterocycles. The molecule has 0 aliphatic heterocycles. The van der Waals surface area contributed by atoms with Crippen molar-refractivity contribution in [3.63, 3.8) is 0 Å². The molecule has 1 N–H and O–H groups in total. The van der Waals surface area contributed by atoms with Crippen molar-refractivity contribution in [2.45, 2.75) is 33.7 Å². The van der Waals surface area contributed by atoms with Crippen LogP contribution in [0.5, 0.6) is 0 Å². The number of aromatic nitrogens is 2. The van der Waals surface area contributed by atoms with Crippen molar-refractivity contribution in [2.75, 3.05) is 11.9 Å². The fourth-order valence-corrected chi connectivity index (χ4v) is 1.89. The Morgan fingerprint density at radius 2 is 1.89 bits per heavy atom. The molecule has 0 aliphatic carbocycles. The Morgan fingerprint density at radius 1 is 1.16 bits per heavy atom. The van der Waals surface area contributed by atoms with E-state index >= 15 is 0 Å². The maximum Gasteiger partial charge on any atom is 0.0659 e. The third-order valence-electron chi connectivity index (χ3n) is 3.06. The second-order valence-electron chi connectivity index (χ2n) is 6.14. The van der Waals surface area contributed by atoms with Gasteiger partial charge in [-0.1, -0.05) is 32.9 Å². The molecule has 2 rings (SSSR count). The van der Waals surface area contributed by atoms with Gasteiger partial charge in [-0.25, -0.2) is 0 Å². The molecule has 2 aromatic rings. The van der Waals surface area contributed by atoms with Crippen LogP contribution in [0.25, 0.3) is 0 Å². The number of nitrogens with zero attached hydrogens (tertiary/aromatic N) is 2. The lowest BCUT2D eigenvalue weighted by atomic mass is 9.92. The van der Waals surface area contributed by atoms with E-state index in [9.17, 15) is 0 Å². The van der Waals surface area contributed by atoms with E-state index in [0.29, 0.717) is 5.41 Å². The van der Waals surface area contributed by atoms with E-state index in [2.05, 4.69) is 55.5 Å². The molecule has 102 valence electrons. The number of benzene rings is 1. The van der Waals surface area contributed by atoms with Crippen molar-refractivity contribution in [3.05, 3.63) is 48.3 Å². The molecular formula is C16H23N3. The van der Waals surface area contributed by atoms with E-state index in [0.717, 1.165) is 13.1 Å². The minimum atomic E-state index is 0.382. The van der Waals surface area contributed by atoms with Gasteiger partial charge in [0.1, 0.15) is 0 Å². The highest BCUT2D eigenvalue weighted by molar-refractivity contribution is 5.44. The van der Waals surface area contributed by atoms with E-state index in [-0.39, 0.29) is 0 Å². The average Bonchev–Trinajstić information content (AvgIpc) is 2.83. The molecule has 1 aromatic carbocycles. The summed E-state index contributed by atoms with van der Waals surface area (Å²) < 4.78 is 1.93. The number of hydrogen-bond donors (Lipinski definition) is 1. The Bertz CT molecular complexity index is 478. The molecule has 0 atom stereocenters. The van der Waals surface area contributed by atoms with Crippen LogP contribution in [0.4, 0.5) is 5.69 Å². The van der Waals surface area contributed by atoms with Gasteiger partial charge in [-0.05, 0) is 35.6 Å². The molecule has 0 bridgehead atoms. The average molecular weight is 257 g/mol. The zero-order valence-corrected chi connectivity index (χ0v) is 12.1. The highest BCUT2D eigenvalue weighted by atomic mass is 15.3. The molecule has 3 heteroatoms. The van der Waals surface area contributed by atoms with Gasteiger partial charge in [-0.15, -0.1) is 0 Å². The quantitative estimate of drug-likeness (QED) is 0.883. The summed E-state index contributed by atoms with van der Waals surface area (Å²) in [6.07, 6.45) is 4.96. The maximum absolute atomic E-state index is 4.21. The molecule has 0 spiro atoms. The van der Waals surface area contributed by atoms with Crippen LogP contribution in [0.1, 0.15) is 32.8 Å². The van der Waals surface area contributed by atoms with E-state index in [1.807, 2.05) is 23.1 Å². The van der Waals surface area contributed by atoms with Crippen LogP contribution < -0.4 is 5.32 Å². The Hall–Kier alpha value is -1.77. The highest BCUT2D eigenvalue weighted by Crippen LogP contribution is 2.18. The van der Waals surface area contributed by atoms with Gasteiger partial charge in [0, 0.05) is 24.6 Å². The Balaban J connectivity index is 1.84. The molecule has 19 heavy (non-hydrogen) atoms. The molecule has 0 aliphatic rings. The van der Waals surface area contributed by atoms with Crippen LogP contribution in [0, 0.1) is 5.41 Å². The molecule has 3 nitrogen and oxygen atoms in total. The Kier molecular flexibility index (Phi) is 4.25. The minimum Gasteiger partial charge on any atom is -0.385 e. The zero-order chi connectivity index (χ0) is 13.7. The third kappa shape index (κ3) is 4.78.